The molecule has 5 nitrogen and oxygen atoms in total. The molecule has 1 aliphatic rings. The minimum atomic E-state index is -0.229. The summed E-state index contributed by atoms with van der Waals surface area (Å²) in [6.45, 7) is 0.0789. The lowest BCUT2D eigenvalue weighted by Crippen LogP contribution is -2.44. The number of likely N-dealkylation sites (N-methyl/N-ethyl adjacent to an activating group) is 2. The highest BCUT2D eigenvalue weighted by Gasteiger charge is 2.24. The molecule has 0 spiro atoms. The molecule has 2 rings (SSSR count). The number of carbonyl (C=O) groups excluding carboxylic acids is 2. The Morgan fingerprint density at radius 3 is 2.59 bits per heavy atom. The van der Waals surface area contributed by atoms with Crippen LogP contribution < -0.4 is 0 Å². The second kappa shape index (κ2) is 7.54. The van der Waals surface area contributed by atoms with Crippen LogP contribution in [0.3, 0.4) is 0 Å². The van der Waals surface area contributed by atoms with Gasteiger partial charge < -0.3 is 14.8 Å². The molecule has 1 fully saturated rings. The number of rotatable bonds is 4. The predicted molar refractivity (Wildman–Crippen MR) is 88.2 cm³/mol. The first-order chi connectivity index (χ1) is 10.5. The normalized spacial score (nSPS) is 15.4. The summed E-state index contributed by atoms with van der Waals surface area (Å²) in [4.78, 5) is 30.8. The van der Waals surface area contributed by atoms with Crippen molar-refractivity contribution in [1.82, 2.24) is 14.8 Å². The number of carbonyl (C=O) groups is 2. The van der Waals surface area contributed by atoms with Gasteiger partial charge in [-0.05, 0) is 25.0 Å². The van der Waals surface area contributed by atoms with E-state index in [0.717, 1.165) is 12.8 Å². The Morgan fingerprint density at radius 2 is 1.95 bits per heavy atom. The fraction of sp³-hybridized carbons (Fsp3) is 0.562. The summed E-state index contributed by atoms with van der Waals surface area (Å²) in [6, 6.07) is 3.71. The molecule has 0 atom stereocenters. The second-order valence-corrected chi connectivity index (χ2v) is 6.28. The molecule has 1 N–H and O–H groups in total. The van der Waals surface area contributed by atoms with E-state index in [1.165, 1.54) is 24.2 Å². The van der Waals surface area contributed by atoms with Crippen LogP contribution in [0.5, 0.6) is 0 Å². The molecule has 0 aromatic carbocycles. The molecule has 0 unspecified atom stereocenters. The summed E-state index contributed by atoms with van der Waals surface area (Å²) in [6.07, 6.45) is 7.41. The topological polar surface area (TPSA) is 56.4 Å². The fourth-order valence-electron chi connectivity index (χ4n) is 2.85. The quantitative estimate of drug-likeness (QED) is 0.867. The third-order valence-electron chi connectivity index (χ3n) is 4.28. The number of aromatic amines is 1. The van der Waals surface area contributed by atoms with Crippen LogP contribution in [0.2, 0.25) is 0 Å². The van der Waals surface area contributed by atoms with E-state index in [0.29, 0.717) is 16.2 Å². The summed E-state index contributed by atoms with van der Waals surface area (Å²) >= 11 is 5.12. The van der Waals surface area contributed by atoms with E-state index in [9.17, 15) is 9.59 Å². The van der Waals surface area contributed by atoms with Crippen molar-refractivity contribution < 1.29 is 9.59 Å². The van der Waals surface area contributed by atoms with Gasteiger partial charge in [0, 0.05) is 26.3 Å². The van der Waals surface area contributed by atoms with Crippen LogP contribution in [0.15, 0.2) is 18.3 Å². The number of aromatic nitrogens is 1. The van der Waals surface area contributed by atoms with Crippen LogP contribution in [0, 0.1) is 4.64 Å². The van der Waals surface area contributed by atoms with Gasteiger partial charge in [-0.25, -0.2) is 0 Å². The Hall–Kier alpha value is -1.69. The van der Waals surface area contributed by atoms with Crippen molar-refractivity contribution in [1.29, 1.82) is 0 Å². The number of hydrogen-bond donors (Lipinski definition) is 1. The molecule has 1 saturated carbocycles. The highest BCUT2D eigenvalue weighted by molar-refractivity contribution is 7.71. The zero-order valence-electron chi connectivity index (χ0n) is 13.2. The first kappa shape index (κ1) is 16.7. The van der Waals surface area contributed by atoms with Crippen molar-refractivity contribution >= 4 is 24.0 Å². The van der Waals surface area contributed by atoms with Gasteiger partial charge in [-0.1, -0.05) is 31.5 Å². The molecular weight excluding hydrogens is 298 g/mol. The Morgan fingerprint density at radius 1 is 1.27 bits per heavy atom. The molecule has 22 heavy (non-hydrogen) atoms. The maximum atomic E-state index is 12.4. The van der Waals surface area contributed by atoms with E-state index in [-0.39, 0.29) is 18.4 Å². The van der Waals surface area contributed by atoms with E-state index in [1.807, 2.05) is 7.05 Å². The lowest BCUT2D eigenvalue weighted by Gasteiger charge is -2.32. The second-order valence-electron chi connectivity index (χ2n) is 5.87. The largest absolute Gasteiger partial charge is 0.352 e. The monoisotopic (exact) mass is 321 g/mol. The van der Waals surface area contributed by atoms with Crippen LogP contribution in [-0.4, -0.2) is 53.3 Å². The van der Waals surface area contributed by atoms with Gasteiger partial charge in [-0.2, -0.15) is 0 Å². The fourth-order valence-corrected chi connectivity index (χ4v) is 3.08. The molecule has 1 aromatic heterocycles. The molecule has 1 aromatic rings. The predicted octanol–water partition coefficient (Wildman–Crippen LogP) is 2.61. The van der Waals surface area contributed by atoms with Crippen LogP contribution in [0.1, 0.15) is 42.5 Å². The minimum absolute atomic E-state index is 0.0198. The third-order valence-corrected chi connectivity index (χ3v) is 4.62. The maximum absolute atomic E-state index is 12.4. The van der Waals surface area contributed by atoms with Crippen molar-refractivity contribution in [3.8, 4) is 0 Å². The van der Waals surface area contributed by atoms with Gasteiger partial charge in [0.1, 0.15) is 4.64 Å². The summed E-state index contributed by atoms with van der Waals surface area (Å²) in [5, 5.41) is 0. The van der Waals surface area contributed by atoms with Gasteiger partial charge in [-0.15, -0.1) is 0 Å². The third kappa shape index (κ3) is 3.94. The summed E-state index contributed by atoms with van der Waals surface area (Å²) in [5.41, 5.74) is 0.424. The van der Waals surface area contributed by atoms with Crippen molar-refractivity contribution in [2.45, 2.75) is 38.1 Å². The summed E-state index contributed by atoms with van der Waals surface area (Å²) in [7, 11) is 3.47. The summed E-state index contributed by atoms with van der Waals surface area (Å²) in [5.74, 6) is -0.249. The SMILES string of the molecule is CN(CC(=O)N(C)C1CCCCC1)C(=O)c1ccc[nH]c1=S. The van der Waals surface area contributed by atoms with Crippen molar-refractivity contribution in [3.05, 3.63) is 28.5 Å². The van der Waals surface area contributed by atoms with Gasteiger partial charge in [0.2, 0.25) is 5.91 Å². The van der Waals surface area contributed by atoms with Crippen LogP contribution in [0.4, 0.5) is 0 Å². The van der Waals surface area contributed by atoms with E-state index < -0.39 is 0 Å². The molecule has 2 amide bonds. The number of pyridine rings is 1. The van der Waals surface area contributed by atoms with Crippen molar-refractivity contribution in [2.24, 2.45) is 0 Å². The Balaban J connectivity index is 1.97. The number of hydrogen-bond acceptors (Lipinski definition) is 3. The molecule has 6 heteroatoms. The average Bonchev–Trinajstić information content (AvgIpc) is 2.54. The van der Waals surface area contributed by atoms with Crippen LogP contribution in [0.25, 0.3) is 0 Å². The molecule has 120 valence electrons. The molecule has 0 saturated heterocycles. The first-order valence-corrected chi connectivity index (χ1v) is 8.10. The first-order valence-electron chi connectivity index (χ1n) is 7.69. The van der Waals surface area contributed by atoms with Gasteiger partial charge in [0.15, 0.2) is 0 Å². The maximum Gasteiger partial charge on any atom is 0.257 e. The highest BCUT2D eigenvalue weighted by atomic mass is 32.1. The van der Waals surface area contributed by atoms with Crippen molar-refractivity contribution in [2.75, 3.05) is 20.6 Å². The Kier molecular flexibility index (Phi) is 5.71. The van der Waals surface area contributed by atoms with E-state index in [2.05, 4.69) is 4.98 Å². The number of H-pyrrole nitrogens is 1. The highest BCUT2D eigenvalue weighted by Crippen LogP contribution is 2.21. The zero-order valence-corrected chi connectivity index (χ0v) is 14.0. The molecule has 0 radical (unpaired) electrons. The van der Waals surface area contributed by atoms with Gasteiger partial charge in [0.25, 0.3) is 5.91 Å². The van der Waals surface area contributed by atoms with E-state index >= 15 is 0 Å². The number of amides is 2. The standard InChI is InChI=1S/C16H23N3O2S/c1-18(16(21)13-9-6-10-17-15(13)22)11-14(20)19(2)12-7-4-3-5-8-12/h6,9-10,12H,3-5,7-8,11H2,1-2H3,(H,17,22). The molecular formula is C16H23N3O2S. The molecule has 1 heterocycles. The smallest absolute Gasteiger partial charge is 0.257 e. The summed E-state index contributed by atoms with van der Waals surface area (Å²) < 4.78 is 0.396. The van der Waals surface area contributed by atoms with E-state index in [4.69, 9.17) is 12.2 Å². The molecule has 1 aliphatic carbocycles. The molecule has 0 bridgehead atoms. The van der Waals surface area contributed by atoms with E-state index in [1.54, 1.807) is 30.3 Å². The van der Waals surface area contributed by atoms with Gasteiger partial charge in [-0.3, -0.25) is 9.59 Å². The number of nitrogens with zero attached hydrogens (tertiary/aromatic N) is 2. The lowest BCUT2D eigenvalue weighted by molar-refractivity contribution is -0.133. The Bertz CT molecular complexity index is 593. The van der Waals surface area contributed by atoms with Gasteiger partial charge in [0.05, 0.1) is 12.1 Å². The molecule has 0 aliphatic heterocycles. The lowest BCUT2D eigenvalue weighted by atomic mass is 9.94. The minimum Gasteiger partial charge on any atom is -0.352 e. The average molecular weight is 321 g/mol. The van der Waals surface area contributed by atoms with Gasteiger partial charge >= 0.3 is 0 Å². The van der Waals surface area contributed by atoms with Crippen LogP contribution in [-0.2, 0) is 4.79 Å². The Labute approximate surface area is 136 Å². The number of nitrogens with one attached hydrogen (secondary N) is 1. The van der Waals surface area contributed by atoms with Crippen LogP contribution >= 0.6 is 12.2 Å². The zero-order chi connectivity index (χ0) is 16.1. The van der Waals surface area contributed by atoms with Crippen molar-refractivity contribution in [3.63, 3.8) is 0 Å².